The second kappa shape index (κ2) is 5.19. The summed E-state index contributed by atoms with van der Waals surface area (Å²) in [5.41, 5.74) is 2.83. The highest BCUT2D eigenvalue weighted by atomic mass is 14.1. The summed E-state index contributed by atoms with van der Waals surface area (Å²) in [6.45, 7) is 9.03. The SMILES string of the molecule is CCC(C)c1[c]ccc(C(C)CC)c1. The molecule has 0 aliphatic rings. The van der Waals surface area contributed by atoms with Crippen LogP contribution in [0.2, 0.25) is 0 Å². The third-order valence-corrected chi connectivity index (χ3v) is 3.17. The van der Waals surface area contributed by atoms with E-state index in [0.717, 1.165) is 0 Å². The van der Waals surface area contributed by atoms with Gasteiger partial charge < -0.3 is 0 Å². The van der Waals surface area contributed by atoms with Crippen LogP contribution in [0.15, 0.2) is 18.2 Å². The molecule has 14 heavy (non-hydrogen) atoms. The highest BCUT2D eigenvalue weighted by Gasteiger charge is 2.07. The molecule has 0 bridgehead atoms. The zero-order chi connectivity index (χ0) is 10.6. The fraction of sp³-hybridized carbons (Fsp3) is 0.571. The van der Waals surface area contributed by atoms with Crippen molar-refractivity contribution in [3.63, 3.8) is 0 Å². The number of hydrogen-bond donors (Lipinski definition) is 0. The smallest absolute Gasteiger partial charge is 0.0146 e. The lowest BCUT2D eigenvalue weighted by molar-refractivity contribution is 0.710. The predicted molar refractivity (Wildman–Crippen MR) is 62.7 cm³/mol. The standard InChI is InChI=1S/C14H21/c1-5-11(3)13-8-7-9-14(10-13)12(4)6-2/h7-8,10-12H,5-6H2,1-4H3. The first kappa shape index (κ1) is 11.3. The Labute approximate surface area is 88.4 Å². The molecule has 0 heteroatoms. The van der Waals surface area contributed by atoms with Crippen LogP contribution < -0.4 is 0 Å². The van der Waals surface area contributed by atoms with Crippen molar-refractivity contribution in [2.75, 3.05) is 0 Å². The first-order valence-electron chi connectivity index (χ1n) is 5.70. The lowest BCUT2D eigenvalue weighted by atomic mass is 9.92. The molecule has 0 nitrogen and oxygen atoms in total. The summed E-state index contributed by atoms with van der Waals surface area (Å²) in [5.74, 6) is 1.31. The molecule has 0 spiro atoms. The highest BCUT2D eigenvalue weighted by molar-refractivity contribution is 5.27. The van der Waals surface area contributed by atoms with Gasteiger partial charge >= 0.3 is 0 Å². The molecule has 0 aliphatic carbocycles. The van der Waals surface area contributed by atoms with Gasteiger partial charge in [0.05, 0.1) is 0 Å². The maximum absolute atomic E-state index is 3.34. The van der Waals surface area contributed by atoms with E-state index in [1.807, 2.05) is 0 Å². The van der Waals surface area contributed by atoms with Crippen LogP contribution in [0, 0.1) is 6.07 Å². The van der Waals surface area contributed by atoms with Crippen LogP contribution in [-0.4, -0.2) is 0 Å². The monoisotopic (exact) mass is 189 g/mol. The van der Waals surface area contributed by atoms with Crippen molar-refractivity contribution < 1.29 is 0 Å². The Morgan fingerprint density at radius 3 is 2.36 bits per heavy atom. The van der Waals surface area contributed by atoms with E-state index in [0.29, 0.717) is 11.8 Å². The molecule has 0 heterocycles. The number of rotatable bonds is 4. The molecule has 0 amide bonds. The van der Waals surface area contributed by atoms with Gasteiger partial charge in [0.1, 0.15) is 0 Å². The molecule has 0 aliphatic heterocycles. The van der Waals surface area contributed by atoms with Crippen molar-refractivity contribution in [3.8, 4) is 0 Å². The minimum atomic E-state index is 0.638. The summed E-state index contributed by atoms with van der Waals surface area (Å²) in [6, 6.07) is 9.93. The minimum absolute atomic E-state index is 0.638. The summed E-state index contributed by atoms with van der Waals surface area (Å²) in [7, 11) is 0. The average molecular weight is 189 g/mol. The maximum atomic E-state index is 3.34. The molecule has 1 radical (unpaired) electrons. The zero-order valence-corrected chi connectivity index (χ0v) is 9.80. The predicted octanol–water partition coefficient (Wildman–Crippen LogP) is 4.51. The van der Waals surface area contributed by atoms with E-state index in [2.05, 4.69) is 52.0 Å². The molecular formula is C14H21. The Balaban J connectivity index is 2.89. The summed E-state index contributed by atoms with van der Waals surface area (Å²) < 4.78 is 0. The van der Waals surface area contributed by atoms with Gasteiger partial charge in [-0.15, -0.1) is 0 Å². The molecule has 0 fully saturated rings. The van der Waals surface area contributed by atoms with Gasteiger partial charge in [0.2, 0.25) is 0 Å². The molecule has 0 saturated heterocycles. The van der Waals surface area contributed by atoms with E-state index in [-0.39, 0.29) is 0 Å². The molecule has 1 aromatic carbocycles. The minimum Gasteiger partial charge on any atom is -0.0648 e. The Hall–Kier alpha value is -0.780. The fourth-order valence-corrected chi connectivity index (χ4v) is 1.55. The van der Waals surface area contributed by atoms with Gasteiger partial charge in [-0.3, -0.25) is 0 Å². The van der Waals surface area contributed by atoms with Gasteiger partial charge in [0.15, 0.2) is 0 Å². The average Bonchev–Trinajstić information content (AvgIpc) is 2.27. The van der Waals surface area contributed by atoms with Gasteiger partial charge in [0.25, 0.3) is 0 Å². The van der Waals surface area contributed by atoms with Gasteiger partial charge in [-0.25, -0.2) is 0 Å². The third kappa shape index (κ3) is 2.60. The van der Waals surface area contributed by atoms with Crippen LogP contribution in [0.5, 0.6) is 0 Å². The summed E-state index contributed by atoms with van der Waals surface area (Å²) >= 11 is 0. The van der Waals surface area contributed by atoms with Crippen molar-refractivity contribution in [2.24, 2.45) is 0 Å². The van der Waals surface area contributed by atoms with Crippen LogP contribution in [0.3, 0.4) is 0 Å². The van der Waals surface area contributed by atoms with Crippen molar-refractivity contribution >= 4 is 0 Å². The molecule has 2 atom stereocenters. The van der Waals surface area contributed by atoms with Crippen LogP contribution >= 0.6 is 0 Å². The van der Waals surface area contributed by atoms with Gasteiger partial charge in [-0.1, -0.05) is 45.9 Å². The van der Waals surface area contributed by atoms with Crippen molar-refractivity contribution in [1.29, 1.82) is 0 Å². The van der Waals surface area contributed by atoms with Crippen LogP contribution in [-0.2, 0) is 0 Å². The Kier molecular flexibility index (Phi) is 4.19. The largest absolute Gasteiger partial charge is 0.0648 e. The quantitative estimate of drug-likeness (QED) is 0.653. The van der Waals surface area contributed by atoms with Crippen LogP contribution in [0.4, 0.5) is 0 Å². The summed E-state index contributed by atoms with van der Waals surface area (Å²) in [6.07, 6.45) is 2.41. The second-order valence-corrected chi connectivity index (χ2v) is 4.20. The third-order valence-electron chi connectivity index (χ3n) is 3.17. The molecule has 0 N–H and O–H groups in total. The molecule has 2 unspecified atom stereocenters. The normalized spacial score (nSPS) is 15.1. The summed E-state index contributed by atoms with van der Waals surface area (Å²) in [5, 5.41) is 0. The second-order valence-electron chi connectivity index (χ2n) is 4.20. The van der Waals surface area contributed by atoms with Crippen molar-refractivity contribution in [2.45, 2.75) is 52.4 Å². The van der Waals surface area contributed by atoms with Gasteiger partial charge in [-0.05, 0) is 41.9 Å². The molecule has 1 rings (SSSR count). The molecule has 0 saturated carbocycles. The maximum Gasteiger partial charge on any atom is -0.0146 e. The molecule has 1 aromatic rings. The van der Waals surface area contributed by atoms with Crippen LogP contribution in [0.25, 0.3) is 0 Å². The van der Waals surface area contributed by atoms with Crippen molar-refractivity contribution in [1.82, 2.24) is 0 Å². The van der Waals surface area contributed by atoms with E-state index in [9.17, 15) is 0 Å². The fourth-order valence-electron chi connectivity index (χ4n) is 1.55. The van der Waals surface area contributed by atoms with E-state index in [1.54, 1.807) is 0 Å². The number of hydrogen-bond acceptors (Lipinski definition) is 0. The number of benzene rings is 1. The lowest BCUT2D eigenvalue weighted by Crippen LogP contribution is -1.96. The van der Waals surface area contributed by atoms with E-state index >= 15 is 0 Å². The van der Waals surface area contributed by atoms with E-state index in [4.69, 9.17) is 0 Å². The Bertz CT molecular complexity index is 250. The molecule has 77 valence electrons. The topological polar surface area (TPSA) is 0 Å². The van der Waals surface area contributed by atoms with Crippen molar-refractivity contribution in [3.05, 3.63) is 35.4 Å². The molecule has 0 aromatic heterocycles. The van der Waals surface area contributed by atoms with E-state index < -0.39 is 0 Å². The summed E-state index contributed by atoms with van der Waals surface area (Å²) in [4.78, 5) is 0. The Morgan fingerprint density at radius 2 is 1.79 bits per heavy atom. The molecular weight excluding hydrogens is 168 g/mol. The van der Waals surface area contributed by atoms with Gasteiger partial charge in [0, 0.05) is 0 Å². The highest BCUT2D eigenvalue weighted by Crippen LogP contribution is 2.24. The first-order chi connectivity index (χ1) is 6.69. The zero-order valence-electron chi connectivity index (χ0n) is 9.80. The lowest BCUT2D eigenvalue weighted by Gasteiger charge is -2.13. The van der Waals surface area contributed by atoms with Crippen LogP contribution in [0.1, 0.15) is 63.5 Å². The first-order valence-corrected chi connectivity index (χ1v) is 5.70. The van der Waals surface area contributed by atoms with Gasteiger partial charge in [-0.2, -0.15) is 0 Å². The Morgan fingerprint density at radius 1 is 1.14 bits per heavy atom. The van der Waals surface area contributed by atoms with E-state index in [1.165, 1.54) is 24.0 Å².